The molecule has 0 aromatic heterocycles. The molecule has 17 heavy (non-hydrogen) atoms. The second kappa shape index (κ2) is 4.94. The van der Waals surface area contributed by atoms with E-state index in [2.05, 4.69) is 15.9 Å². The molecule has 0 radical (unpaired) electrons. The summed E-state index contributed by atoms with van der Waals surface area (Å²) in [5.41, 5.74) is 3.14. The molecule has 0 spiro atoms. The monoisotopic (exact) mass is 309 g/mol. The van der Waals surface area contributed by atoms with Crippen molar-refractivity contribution in [1.29, 1.82) is 0 Å². The van der Waals surface area contributed by atoms with Crippen molar-refractivity contribution in [3.8, 4) is 0 Å². The Hall–Kier alpha value is -0.620. The summed E-state index contributed by atoms with van der Waals surface area (Å²) in [7, 11) is 0. The lowest BCUT2D eigenvalue weighted by atomic mass is 10.1. The van der Waals surface area contributed by atoms with Crippen molar-refractivity contribution in [2.45, 2.75) is 57.2 Å². The van der Waals surface area contributed by atoms with Crippen LogP contribution in [0.15, 0.2) is 0 Å². The zero-order chi connectivity index (χ0) is 14.1. The van der Waals surface area contributed by atoms with Crippen molar-refractivity contribution in [3.63, 3.8) is 0 Å². The van der Waals surface area contributed by atoms with Crippen LogP contribution in [0.5, 0.6) is 0 Å². The van der Waals surface area contributed by atoms with Gasteiger partial charge in [0.2, 0.25) is 0 Å². The van der Waals surface area contributed by atoms with Gasteiger partial charge in [0.05, 0.1) is 0 Å². The molecule has 2 N–H and O–H groups in total. The van der Waals surface area contributed by atoms with Gasteiger partial charge in [-0.15, -0.1) is 0 Å². The summed E-state index contributed by atoms with van der Waals surface area (Å²) in [6.07, 6.45) is 0. The highest BCUT2D eigenvalue weighted by Crippen LogP contribution is 2.21. The molecule has 0 heterocycles. The lowest BCUT2D eigenvalue weighted by Gasteiger charge is -2.29. The maximum atomic E-state index is 11.7. The van der Waals surface area contributed by atoms with Crippen LogP contribution < -0.4 is 5.73 Å². The highest BCUT2D eigenvalue weighted by molar-refractivity contribution is 9.10. The van der Waals surface area contributed by atoms with E-state index in [0.717, 1.165) is 0 Å². The van der Waals surface area contributed by atoms with E-state index >= 15 is 0 Å². The highest BCUT2D eigenvalue weighted by Gasteiger charge is 2.40. The Labute approximate surface area is 110 Å². The zero-order valence-corrected chi connectivity index (χ0v) is 12.7. The summed E-state index contributed by atoms with van der Waals surface area (Å²) in [6, 6.07) is 0. The summed E-state index contributed by atoms with van der Waals surface area (Å²) in [6.45, 7) is 9.60. The molecule has 0 amide bonds. The first-order chi connectivity index (χ1) is 7.26. The average Bonchev–Trinajstić information content (AvgIpc) is 1.97. The van der Waals surface area contributed by atoms with Gasteiger partial charge in [-0.05, 0) is 34.6 Å². The Morgan fingerprint density at radius 3 is 1.65 bits per heavy atom. The molecular weight excluding hydrogens is 290 g/mol. The molecule has 100 valence electrons. The lowest BCUT2D eigenvalue weighted by Crippen LogP contribution is -2.53. The first kappa shape index (κ1) is 16.4. The number of rotatable bonds is 3. The molecule has 0 aromatic carbocycles. The molecule has 0 aromatic rings. The van der Waals surface area contributed by atoms with E-state index in [9.17, 15) is 9.59 Å². The van der Waals surface area contributed by atoms with Gasteiger partial charge < -0.3 is 9.47 Å². The van der Waals surface area contributed by atoms with Gasteiger partial charge >= 0.3 is 11.9 Å². The van der Waals surface area contributed by atoms with Crippen LogP contribution in [0.2, 0.25) is 0 Å². The van der Waals surface area contributed by atoms with Crippen molar-refractivity contribution in [2.75, 3.05) is 0 Å². The maximum absolute atomic E-state index is 11.7. The number of esters is 2. The van der Waals surface area contributed by atoms with Crippen LogP contribution >= 0.6 is 15.9 Å². The van der Waals surface area contributed by atoms with Crippen LogP contribution in [-0.4, -0.2) is 27.6 Å². The third-order valence-electron chi connectivity index (χ3n) is 1.59. The van der Waals surface area contributed by atoms with Crippen LogP contribution in [0.1, 0.15) is 41.5 Å². The summed E-state index contributed by atoms with van der Waals surface area (Å²) >= 11 is 3.12. The van der Waals surface area contributed by atoms with Crippen molar-refractivity contribution in [2.24, 2.45) is 5.73 Å². The van der Waals surface area contributed by atoms with Gasteiger partial charge in [0, 0.05) is 6.92 Å². The van der Waals surface area contributed by atoms with Gasteiger partial charge in [0.15, 0.2) is 0 Å². The number of halogens is 1. The van der Waals surface area contributed by atoms with E-state index in [1.54, 1.807) is 34.6 Å². The Bertz CT molecular complexity index is 312. The van der Waals surface area contributed by atoms with E-state index in [1.165, 1.54) is 6.92 Å². The number of ether oxygens (including phenoxy) is 2. The smallest absolute Gasteiger partial charge is 0.366 e. The van der Waals surface area contributed by atoms with Crippen LogP contribution in [0.4, 0.5) is 0 Å². The standard InChI is InChI=1S/C11H20BrNO4/c1-9(2,3)16-8(15)11(6,13)17-7(14)10(4,5)12/h13H2,1-6H3. The Morgan fingerprint density at radius 2 is 1.35 bits per heavy atom. The Morgan fingerprint density at radius 1 is 0.941 bits per heavy atom. The van der Waals surface area contributed by atoms with E-state index < -0.39 is 27.6 Å². The maximum Gasteiger partial charge on any atom is 0.366 e. The molecule has 0 saturated carbocycles. The molecule has 0 rings (SSSR count). The quantitative estimate of drug-likeness (QED) is 0.488. The van der Waals surface area contributed by atoms with E-state index in [1.807, 2.05) is 0 Å². The minimum Gasteiger partial charge on any atom is -0.456 e. The van der Waals surface area contributed by atoms with Crippen LogP contribution in [-0.2, 0) is 19.1 Å². The molecule has 5 nitrogen and oxygen atoms in total. The molecule has 0 aliphatic rings. The zero-order valence-electron chi connectivity index (χ0n) is 11.1. The minimum atomic E-state index is -1.80. The first-order valence-corrected chi connectivity index (χ1v) is 6.00. The van der Waals surface area contributed by atoms with Crippen LogP contribution in [0.3, 0.4) is 0 Å². The van der Waals surface area contributed by atoms with Crippen LogP contribution in [0.25, 0.3) is 0 Å². The molecule has 1 unspecified atom stereocenters. The van der Waals surface area contributed by atoms with E-state index in [0.29, 0.717) is 0 Å². The fourth-order valence-electron chi connectivity index (χ4n) is 0.735. The molecular formula is C11H20BrNO4. The summed E-state index contributed by atoms with van der Waals surface area (Å²) in [4.78, 5) is 23.3. The second-order valence-corrected chi connectivity index (χ2v) is 7.45. The van der Waals surface area contributed by atoms with Gasteiger partial charge in [-0.3, -0.25) is 10.5 Å². The normalized spacial score (nSPS) is 16.0. The van der Waals surface area contributed by atoms with Crippen molar-refractivity contribution in [1.82, 2.24) is 0 Å². The van der Waals surface area contributed by atoms with Gasteiger partial charge in [0.25, 0.3) is 5.72 Å². The third kappa shape index (κ3) is 6.02. The number of alkyl halides is 1. The Kier molecular flexibility index (Phi) is 4.76. The number of hydrogen-bond acceptors (Lipinski definition) is 5. The van der Waals surface area contributed by atoms with Gasteiger partial charge in [0.1, 0.15) is 9.93 Å². The third-order valence-corrected chi connectivity index (χ3v) is 1.92. The van der Waals surface area contributed by atoms with Gasteiger partial charge in [-0.25, -0.2) is 4.79 Å². The molecule has 0 saturated heterocycles. The molecule has 0 aliphatic carbocycles. The van der Waals surface area contributed by atoms with Crippen molar-refractivity contribution in [3.05, 3.63) is 0 Å². The van der Waals surface area contributed by atoms with Gasteiger partial charge in [-0.1, -0.05) is 15.9 Å². The summed E-state index contributed by atoms with van der Waals surface area (Å²) < 4.78 is 9.08. The summed E-state index contributed by atoms with van der Waals surface area (Å²) in [5.74, 6) is -1.41. The molecule has 1 atom stereocenters. The second-order valence-electron chi connectivity index (χ2n) is 5.47. The fourth-order valence-corrected chi connectivity index (χ4v) is 0.816. The number of carbonyl (C=O) groups excluding carboxylic acids is 2. The molecule has 0 aliphatic heterocycles. The number of nitrogens with two attached hydrogens (primary N) is 1. The predicted molar refractivity (Wildman–Crippen MR) is 67.5 cm³/mol. The topological polar surface area (TPSA) is 78.6 Å². The fraction of sp³-hybridized carbons (Fsp3) is 0.818. The minimum absolute atomic E-state index is 0.631. The molecule has 6 heteroatoms. The molecule has 0 bridgehead atoms. The van der Waals surface area contributed by atoms with Crippen molar-refractivity contribution < 1.29 is 19.1 Å². The largest absolute Gasteiger partial charge is 0.456 e. The highest BCUT2D eigenvalue weighted by atomic mass is 79.9. The number of hydrogen-bond donors (Lipinski definition) is 1. The average molecular weight is 310 g/mol. The molecule has 0 fully saturated rings. The predicted octanol–water partition coefficient (Wildman–Crippen LogP) is 1.72. The SMILES string of the molecule is CC(C)(C)OC(=O)C(C)(N)OC(=O)C(C)(C)Br. The van der Waals surface area contributed by atoms with Crippen molar-refractivity contribution >= 4 is 27.9 Å². The summed E-state index contributed by atoms with van der Waals surface area (Å²) in [5, 5.41) is 0. The van der Waals surface area contributed by atoms with E-state index in [-0.39, 0.29) is 0 Å². The number of carbonyl (C=O) groups is 2. The Balaban J connectivity index is 4.70. The lowest BCUT2D eigenvalue weighted by molar-refractivity contribution is -0.188. The van der Waals surface area contributed by atoms with Crippen LogP contribution in [0, 0.1) is 0 Å². The van der Waals surface area contributed by atoms with Gasteiger partial charge in [-0.2, -0.15) is 0 Å². The first-order valence-electron chi connectivity index (χ1n) is 5.20. The van der Waals surface area contributed by atoms with E-state index in [4.69, 9.17) is 15.2 Å².